The molecule has 0 unspecified atom stereocenters. The second-order valence-corrected chi connectivity index (χ2v) is 5.50. The van der Waals surface area contributed by atoms with Gasteiger partial charge in [0.05, 0.1) is 4.92 Å². The SMILES string of the molecule is O=[N+]([O-])c1c(Nc2ccc(Cl)cc2)ncnc1Nc1ccc(F)c(F)c1. The van der Waals surface area contributed by atoms with E-state index in [1.54, 1.807) is 24.3 Å². The fourth-order valence-corrected chi connectivity index (χ4v) is 2.24. The maximum atomic E-state index is 13.3. The van der Waals surface area contributed by atoms with Crippen LogP contribution in [-0.2, 0) is 0 Å². The first-order valence-electron chi connectivity index (χ1n) is 7.18. The number of anilines is 4. The third-order valence-electron chi connectivity index (χ3n) is 3.29. The van der Waals surface area contributed by atoms with E-state index in [1.165, 1.54) is 6.07 Å². The lowest BCUT2D eigenvalue weighted by molar-refractivity contribution is -0.383. The zero-order valence-electron chi connectivity index (χ0n) is 12.9. The summed E-state index contributed by atoms with van der Waals surface area (Å²) >= 11 is 5.81. The van der Waals surface area contributed by atoms with Crippen molar-refractivity contribution >= 4 is 40.3 Å². The summed E-state index contributed by atoms with van der Waals surface area (Å²) in [7, 11) is 0. The minimum absolute atomic E-state index is 0.0718. The van der Waals surface area contributed by atoms with Crippen molar-refractivity contribution in [1.29, 1.82) is 0 Å². The number of hydrogen-bond donors (Lipinski definition) is 2. The number of benzene rings is 2. The van der Waals surface area contributed by atoms with Crippen LogP contribution in [0.4, 0.5) is 37.5 Å². The molecule has 26 heavy (non-hydrogen) atoms. The molecule has 0 aliphatic rings. The molecule has 1 aromatic heterocycles. The lowest BCUT2D eigenvalue weighted by atomic mass is 10.3. The van der Waals surface area contributed by atoms with Crippen LogP contribution in [-0.4, -0.2) is 14.9 Å². The number of nitro groups is 1. The summed E-state index contributed by atoms with van der Waals surface area (Å²) < 4.78 is 26.4. The molecule has 0 atom stereocenters. The zero-order valence-corrected chi connectivity index (χ0v) is 13.7. The minimum atomic E-state index is -1.09. The Morgan fingerprint density at radius 2 is 1.50 bits per heavy atom. The van der Waals surface area contributed by atoms with Crippen LogP contribution in [0.1, 0.15) is 0 Å². The molecule has 0 saturated carbocycles. The standard InChI is InChI=1S/C16H10ClF2N5O2/c17-9-1-3-10(4-2-9)22-15-14(24(25)26)16(21-8-20-15)23-11-5-6-12(18)13(19)7-11/h1-8H,(H2,20,21,22,23). The lowest BCUT2D eigenvalue weighted by Gasteiger charge is -2.10. The normalized spacial score (nSPS) is 10.4. The van der Waals surface area contributed by atoms with Crippen LogP contribution in [0.3, 0.4) is 0 Å². The Morgan fingerprint density at radius 3 is 2.08 bits per heavy atom. The second-order valence-electron chi connectivity index (χ2n) is 5.06. The van der Waals surface area contributed by atoms with Crippen molar-refractivity contribution in [3.8, 4) is 0 Å². The number of nitrogens with one attached hydrogen (secondary N) is 2. The van der Waals surface area contributed by atoms with Crippen molar-refractivity contribution in [2.75, 3.05) is 10.6 Å². The van der Waals surface area contributed by atoms with Gasteiger partial charge in [-0.15, -0.1) is 0 Å². The number of halogens is 3. The fourth-order valence-electron chi connectivity index (χ4n) is 2.12. The van der Waals surface area contributed by atoms with Gasteiger partial charge in [0.25, 0.3) is 0 Å². The molecule has 0 radical (unpaired) electrons. The molecule has 1 heterocycles. The summed E-state index contributed by atoms with van der Waals surface area (Å²) in [4.78, 5) is 18.5. The quantitative estimate of drug-likeness (QED) is 0.490. The van der Waals surface area contributed by atoms with E-state index in [9.17, 15) is 18.9 Å². The molecule has 7 nitrogen and oxygen atoms in total. The first kappa shape index (κ1) is 17.5. The Bertz CT molecular complexity index is 969. The van der Waals surface area contributed by atoms with Gasteiger partial charge in [0.15, 0.2) is 11.6 Å². The molecule has 0 fully saturated rings. The highest BCUT2D eigenvalue weighted by molar-refractivity contribution is 6.30. The monoisotopic (exact) mass is 377 g/mol. The molecule has 0 amide bonds. The van der Waals surface area contributed by atoms with Gasteiger partial charge in [-0.1, -0.05) is 11.6 Å². The molecule has 0 saturated heterocycles. The molecular weight excluding hydrogens is 368 g/mol. The van der Waals surface area contributed by atoms with Crippen molar-refractivity contribution < 1.29 is 13.7 Å². The van der Waals surface area contributed by atoms with Gasteiger partial charge < -0.3 is 10.6 Å². The molecule has 2 aromatic carbocycles. The highest BCUT2D eigenvalue weighted by Crippen LogP contribution is 2.33. The van der Waals surface area contributed by atoms with Gasteiger partial charge in [0.2, 0.25) is 11.6 Å². The lowest BCUT2D eigenvalue weighted by Crippen LogP contribution is -2.05. The van der Waals surface area contributed by atoms with Crippen LogP contribution in [0.15, 0.2) is 48.8 Å². The molecule has 3 aromatic rings. The van der Waals surface area contributed by atoms with Gasteiger partial charge >= 0.3 is 5.69 Å². The molecule has 132 valence electrons. The molecule has 0 bridgehead atoms. The molecule has 2 N–H and O–H groups in total. The van der Waals surface area contributed by atoms with E-state index in [1.807, 2.05) is 0 Å². The van der Waals surface area contributed by atoms with Crippen molar-refractivity contribution in [1.82, 2.24) is 9.97 Å². The van der Waals surface area contributed by atoms with Crippen molar-refractivity contribution in [3.63, 3.8) is 0 Å². The summed E-state index contributed by atoms with van der Waals surface area (Å²) in [5.41, 5.74) is 0.172. The Kier molecular flexibility index (Phi) is 4.90. The van der Waals surface area contributed by atoms with E-state index >= 15 is 0 Å². The van der Waals surface area contributed by atoms with E-state index in [4.69, 9.17) is 11.6 Å². The molecule has 0 aliphatic heterocycles. The van der Waals surface area contributed by atoms with Gasteiger partial charge in [-0.3, -0.25) is 10.1 Å². The van der Waals surface area contributed by atoms with Crippen molar-refractivity contribution in [3.05, 3.63) is 75.6 Å². The van der Waals surface area contributed by atoms with Crippen LogP contribution in [0.2, 0.25) is 5.02 Å². The minimum Gasteiger partial charge on any atom is -0.334 e. The Balaban J connectivity index is 1.96. The number of aromatic nitrogens is 2. The first-order chi connectivity index (χ1) is 12.4. The largest absolute Gasteiger partial charge is 0.353 e. The van der Waals surface area contributed by atoms with Gasteiger partial charge in [0.1, 0.15) is 6.33 Å². The summed E-state index contributed by atoms with van der Waals surface area (Å²) in [5.74, 6) is -2.37. The van der Waals surface area contributed by atoms with Crippen LogP contribution in [0.25, 0.3) is 0 Å². The van der Waals surface area contributed by atoms with E-state index in [-0.39, 0.29) is 17.3 Å². The predicted molar refractivity (Wildman–Crippen MR) is 93.1 cm³/mol. The molecule has 0 aliphatic carbocycles. The Morgan fingerprint density at radius 1 is 0.923 bits per heavy atom. The number of rotatable bonds is 5. The molecule has 10 heteroatoms. The molecule has 0 spiro atoms. The average Bonchev–Trinajstić information content (AvgIpc) is 2.60. The smallest absolute Gasteiger partial charge is 0.334 e. The van der Waals surface area contributed by atoms with E-state index in [2.05, 4.69) is 20.6 Å². The van der Waals surface area contributed by atoms with Crippen LogP contribution < -0.4 is 10.6 Å². The van der Waals surface area contributed by atoms with Crippen molar-refractivity contribution in [2.24, 2.45) is 0 Å². The van der Waals surface area contributed by atoms with Gasteiger partial charge in [-0.25, -0.2) is 18.7 Å². The van der Waals surface area contributed by atoms with E-state index in [0.29, 0.717) is 10.7 Å². The third kappa shape index (κ3) is 3.83. The first-order valence-corrected chi connectivity index (χ1v) is 7.56. The fraction of sp³-hybridized carbons (Fsp3) is 0. The van der Waals surface area contributed by atoms with Gasteiger partial charge in [-0.05, 0) is 36.4 Å². The highest BCUT2D eigenvalue weighted by Gasteiger charge is 2.23. The summed E-state index contributed by atoms with van der Waals surface area (Å²) in [6, 6.07) is 9.46. The highest BCUT2D eigenvalue weighted by atomic mass is 35.5. The summed E-state index contributed by atoms with van der Waals surface area (Å²) in [6.07, 6.45) is 1.10. The van der Waals surface area contributed by atoms with Crippen LogP contribution >= 0.6 is 11.6 Å². The number of hydrogen-bond acceptors (Lipinski definition) is 6. The van der Waals surface area contributed by atoms with Crippen molar-refractivity contribution in [2.45, 2.75) is 0 Å². The maximum Gasteiger partial charge on any atom is 0.353 e. The summed E-state index contributed by atoms with van der Waals surface area (Å²) in [6.45, 7) is 0. The van der Waals surface area contributed by atoms with Crippen LogP contribution in [0, 0.1) is 21.7 Å². The van der Waals surface area contributed by atoms with Crippen LogP contribution in [0.5, 0.6) is 0 Å². The topological polar surface area (TPSA) is 93.0 Å². The predicted octanol–water partition coefficient (Wildman–Crippen LogP) is 4.80. The average molecular weight is 378 g/mol. The van der Waals surface area contributed by atoms with Gasteiger partial charge in [0, 0.05) is 22.5 Å². The number of nitrogens with zero attached hydrogens (tertiary/aromatic N) is 3. The molecular formula is C16H10ClF2N5O2. The summed E-state index contributed by atoms with van der Waals surface area (Å²) in [5, 5.41) is 17.4. The van der Waals surface area contributed by atoms with E-state index in [0.717, 1.165) is 18.5 Å². The Labute approximate surface area is 150 Å². The third-order valence-corrected chi connectivity index (χ3v) is 3.55. The second kappa shape index (κ2) is 7.28. The zero-order chi connectivity index (χ0) is 18.7. The van der Waals surface area contributed by atoms with E-state index < -0.39 is 22.2 Å². The van der Waals surface area contributed by atoms with Gasteiger partial charge in [-0.2, -0.15) is 0 Å². The maximum absolute atomic E-state index is 13.3. The Hall–Kier alpha value is -3.33. The molecule has 3 rings (SSSR count).